The molecule has 0 atom stereocenters. The molecule has 0 aromatic rings. The minimum absolute atomic E-state index is 0.238. The summed E-state index contributed by atoms with van der Waals surface area (Å²) in [5, 5.41) is 8.34. The van der Waals surface area contributed by atoms with Gasteiger partial charge in [-0.25, -0.2) is 13.1 Å². The zero-order chi connectivity index (χ0) is 13.2. The van der Waals surface area contributed by atoms with Gasteiger partial charge in [0.1, 0.15) is 0 Å². The van der Waals surface area contributed by atoms with E-state index in [1.54, 1.807) is 0 Å². The zero-order valence-corrected chi connectivity index (χ0v) is 9.44. The van der Waals surface area contributed by atoms with Crippen LogP contribution in [0.4, 0.5) is 13.2 Å². The summed E-state index contributed by atoms with van der Waals surface area (Å²) in [7, 11) is -5.45. The summed E-state index contributed by atoms with van der Waals surface area (Å²) in [5.74, 6) is -1.21. The molecule has 0 aromatic heterocycles. The lowest BCUT2D eigenvalue weighted by Gasteiger charge is -2.25. The smallest absolute Gasteiger partial charge is 0.481 e. The van der Waals surface area contributed by atoms with Crippen LogP contribution in [0.25, 0.3) is 0 Å². The summed E-state index contributed by atoms with van der Waals surface area (Å²) in [6.45, 7) is 2.36. The van der Waals surface area contributed by atoms with E-state index in [-0.39, 0.29) is 6.42 Å². The van der Waals surface area contributed by atoms with Crippen molar-refractivity contribution in [2.24, 2.45) is 0 Å². The lowest BCUT2D eigenvalue weighted by Crippen LogP contribution is -2.48. The molecular weight excluding hydrogens is 251 g/mol. The number of aliphatic carboxylic acids is 1. The molecule has 2 N–H and O–H groups in total. The van der Waals surface area contributed by atoms with Crippen LogP contribution in [0, 0.1) is 0 Å². The number of halogens is 3. The van der Waals surface area contributed by atoms with Gasteiger partial charge < -0.3 is 5.11 Å². The number of hydrogen-bond acceptors (Lipinski definition) is 3. The van der Waals surface area contributed by atoms with Crippen molar-refractivity contribution in [2.45, 2.75) is 37.7 Å². The number of carboxylic acids is 1. The van der Waals surface area contributed by atoms with Crippen LogP contribution in [0.15, 0.2) is 0 Å². The maximum absolute atomic E-state index is 12.0. The monoisotopic (exact) mass is 263 g/mol. The van der Waals surface area contributed by atoms with Gasteiger partial charge >= 0.3 is 21.5 Å². The summed E-state index contributed by atoms with van der Waals surface area (Å²) in [5.41, 5.74) is -6.86. The number of carbonyl (C=O) groups is 1. The summed E-state index contributed by atoms with van der Waals surface area (Å²) in [4.78, 5) is 10.2. The highest BCUT2D eigenvalue weighted by atomic mass is 32.2. The van der Waals surface area contributed by atoms with E-state index < -0.39 is 33.5 Å². The van der Waals surface area contributed by atoms with Crippen LogP contribution >= 0.6 is 0 Å². The van der Waals surface area contributed by atoms with Crippen LogP contribution in [0.2, 0.25) is 0 Å². The van der Waals surface area contributed by atoms with Crippen molar-refractivity contribution < 1.29 is 31.5 Å². The third-order valence-electron chi connectivity index (χ3n) is 1.68. The Labute approximate surface area is 90.7 Å². The molecule has 0 aromatic carbocycles. The molecule has 9 heteroatoms. The first-order chi connectivity index (χ1) is 6.87. The first-order valence-corrected chi connectivity index (χ1v) is 5.68. The first kappa shape index (κ1) is 15.2. The van der Waals surface area contributed by atoms with Crippen molar-refractivity contribution in [3.05, 3.63) is 0 Å². The normalized spacial score (nSPS) is 13.8. The van der Waals surface area contributed by atoms with Gasteiger partial charge in [-0.2, -0.15) is 13.2 Å². The Balaban J connectivity index is 4.66. The molecule has 0 amide bonds. The molecule has 0 heterocycles. The molecule has 0 saturated heterocycles. The van der Waals surface area contributed by atoms with Crippen LogP contribution in [0.3, 0.4) is 0 Å². The molecule has 0 aliphatic heterocycles. The van der Waals surface area contributed by atoms with Crippen molar-refractivity contribution in [3.63, 3.8) is 0 Å². The predicted octanol–water partition coefficient (Wildman–Crippen LogP) is 1.07. The average molecular weight is 263 g/mol. The second kappa shape index (κ2) is 4.58. The van der Waals surface area contributed by atoms with E-state index in [9.17, 15) is 26.4 Å². The predicted molar refractivity (Wildman–Crippen MR) is 49.1 cm³/mol. The van der Waals surface area contributed by atoms with Crippen molar-refractivity contribution in [3.8, 4) is 0 Å². The summed E-state index contributed by atoms with van der Waals surface area (Å²) in [6.07, 6.45) is -0.662. The number of nitrogens with one attached hydrogen (secondary N) is 1. The molecule has 0 unspecified atom stereocenters. The summed E-state index contributed by atoms with van der Waals surface area (Å²) < 4.78 is 58.9. The van der Waals surface area contributed by atoms with Gasteiger partial charge in [0.15, 0.2) is 0 Å². The molecule has 0 radical (unpaired) electrons. The average Bonchev–Trinajstić information content (AvgIpc) is 1.96. The van der Waals surface area contributed by atoms with Crippen molar-refractivity contribution >= 4 is 16.0 Å². The summed E-state index contributed by atoms with van der Waals surface area (Å²) in [6, 6.07) is 0. The number of hydrogen-bond donors (Lipinski definition) is 2. The fourth-order valence-electron chi connectivity index (χ4n) is 0.892. The van der Waals surface area contributed by atoms with E-state index in [2.05, 4.69) is 0 Å². The topological polar surface area (TPSA) is 83.5 Å². The molecule has 96 valence electrons. The van der Waals surface area contributed by atoms with E-state index in [1.807, 2.05) is 0 Å². The number of rotatable bonds is 5. The van der Waals surface area contributed by atoms with Crippen molar-refractivity contribution in [1.82, 2.24) is 4.72 Å². The molecule has 0 aliphatic carbocycles. The highest BCUT2D eigenvalue weighted by molar-refractivity contribution is 7.90. The molecule has 0 rings (SSSR count). The van der Waals surface area contributed by atoms with Gasteiger partial charge in [-0.3, -0.25) is 4.79 Å². The van der Waals surface area contributed by atoms with Gasteiger partial charge in [-0.1, -0.05) is 0 Å². The Morgan fingerprint density at radius 2 is 1.75 bits per heavy atom. The molecule has 16 heavy (non-hydrogen) atoms. The van der Waals surface area contributed by atoms with E-state index in [4.69, 9.17) is 5.11 Å². The van der Waals surface area contributed by atoms with Gasteiger partial charge in [0.2, 0.25) is 0 Å². The Hall–Kier alpha value is -0.830. The summed E-state index contributed by atoms with van der Waals surface area (Å²) >= 11 is 0. The SMILES string of the molecule is CC(C)(CCC(=O)O)NS(=O)(=O)C(F)(F)F. The van der Waals surface area contributed by atoms with Gasteiger partial charge in [0, 0.05) is 12.0 Å². The van der Waals surface area contributed by atoms with E-state index in [1.165, 1.54) is 18.6 Å². The number of alkyl halides is 3. The van der Waals surface area contributed by atoms with Gasteiger partial charge in [0.05, 0.1) is 0 Å². The molecule has 0 saturated carbocycles. The van der Waals surface area contributed by atoms with Crippen LogP contribution in [-0.2, 0) is 14.8 Å². The molecule has 0 aliphatic rings. The highest BCUT2D eigenvalue weighted by Gasteiger charge is 2.48. The Kier molecular flexibility index (Phi) is 4.34. The van der Waals surface area contributed by atoms with Gasteiger partial charge in [-0.05, 0) is 20.3 Å². The second-order valence-electron chi connectivity index (χ2n) is 3.83. The van der Waals surface area contributed by atoms with Crippen molar-refractivity contribution in [2.75, 3.05) is 0 Å². The van der Waals surface area contributed by atoms with Crippen LogP contribution in [0.5, 0.6) is 0 Å². The van der Waals surface area contributed by atoms with Gasteiger partial charge in [0.25, 0.3) is 0 Å². The van der Waals surface area contributed by atoms with E-state index in [0.29, 0.717) is 0 Å². The maximum atomic E-state index is 12.0. The maximum Gasteiger partial charge on any atom is 0.511 e. The fraction of sp³-hybridized carbons (Fsp3) is 0.857. The largest absolute Gasteiger partial charge is 0.511 e. The molecule has 0 bridgehead atoms. The Morgan fingerprint density at radius 3 is 2.06 bits per heavy atom. The standard InChI is InChI=1S/C7H12F3NO4S/c1-6(2,4-3-5(12)13)11-16(14,15)7(8,9)10/h11H,3-4H2,1-2H3,(H,12,13). The Morgan fingerprint density at radius 1 is 1.31 bits per heavy atom. The third kappa shape index (κ3) is 4.79. The molecule has 5 nitrogen and oxygen atoms in total. The fourth-order valence-corrected chi connectivity index (χ4v) is 1.84. The second-order valence-corrected chi connectivity index (χ2v) is 5.50. The highest BCUT2D eigenvalue weighted by Crippen LogP contribution is 2.25. The Bertz CT molecular complexity index is 360. The molecule has 0 fully saturated rings. The minimum atomic E-state index is -5.45. The third-order valence-corrected chi connectivity index (χ3v) is 3.11. The van der Waals surface area contributed by atoms with Crippen LogP contribution in [-0.4, -0.2) is 30.5 Å². The van der Waals surface area contributed by atoms with E-state index >= 15 is 0 Å². The lowest BCUT2D eigenvalue weighted by molar-refractivity contribution is -0.137. The number of carboxylic acid groups (broad SMARTS) is 1. The number of sulfonamides is 1. The van der Waals surface area contributed by atoms with Gasteiger partial charge in [-0.15, -0.1) is 0 Å². The lowest BCUT2D eigenvalue weighted by atomic mass is 10.0. The molecule has 0 spiro atoms. The van der Waals surface area contributed by atoms with E-state index in [0.717, 1.165) is 0 Å². The first-order valence-electron chi connectivity index (χ1n) is 4.19. The van der Waals surface area contributed by atoms with Crippen molar-refractivity contribution in [1.29, 1.82) is 0 Å². The minimum Gasteiger partial charge on any atom is -0.481 e. The molecular formula is C7H12F3NO4S. The van der Waals surface area contributed by atoms with Crippen LogP contribution < -0.4 is 4.72 Å². The van der Waals surface area contributed by atoms with Crippen LogP contribution in [0.1, 0.15) is 26.7 Å². The quantitative estimate of drug-likeness (QED) is 0.777. The zero-order valence-electron chi connectivity index (χ0n) is 8.63.